The molecule has 2 amide bonds. The fourth-order valence-corrected chi connectivity index (χ4v) is 3.81. The zero-order valence-electron chi connectivity index (χ0n) is 8.94. The van der Waals surface area contributed by atoms with E-state index in [1.54, 1.807) is 0 Å². The number of carboxylic acid groups (broad SMARTS) is 1. The summed E-state index contributed by atoms with van der Waals surface area (Å²) in [4.78, 5) is 21.5. The highest BCUT2D eigenvalue weighted by Crippen LogP contribution is 2.33. The highest BCUT2D eigenvalue weighted by molar-refractivity contribution is 8.00. The van der Waals surface area contributed by atoms with E-state index in [-0.39, 0.29) is 24.5 Å². The lowest BCUT2D eigenvalue weighted by molar-refractivity contribution is -0.137. The van der Waals surface area contributed by atoms with E-state index in [1.165, 1.54) is 0 Å². The molecule has 16 heavy (non-hydrogen) atoms. The molecule has 2 saturated heterocycles. The normalized spacial score (nSPS) is 32.0. The Balaban J connectivity index is 1.70. The van der Waals surface area contributed by atoms with Gasteiger partial charge in [0.1, 0.15) is 0 Å². The topological polar surface area (TPSA) is 78.4 Å². The lowest BCUT2D eigenvalue weighted by Crippen LogP contribution is -2.36. The summed E-state index contributed by atoms with van der Waals surface area (Å²) in [6, 6.07) is 0.440. The van der Waals surface area contributed by atoms with E-state index in [0.717, 1.165) is 25.0 Å². The third kappa shape index (κ3) is 2.61. The van der Waals surface area contributed by atoms with Gasteiger partial charge in [-0.2, -0.15) is 11.8 Å². The Morgan fingerprint density at radius 2 is 2.25 bits per heavy atom. The highest BCUT2D eigenvalue weighted by Gasteiger charge is 2.42. The van der Waals surface area contributed by atoms with Gasteiger partial charge < -0.3 is 15.7 Å². The number of urea groups is 1. The van der Waals surface area contributed by atoms with Gasteiger partial charge in [0.2, 0.25) is 0 Å². The van der Waals surface area contributed by atoms with Gasteiger partial charge in [-0.3, -0.25) is 4.79 Å². The molecular formula is C10H16N2O3S. The number of hydrogen-bond acceptors (Lipinski definition) is 3. The molecule has 0 radical (unpaired) electrons. The van der Waals surface area contributed by atoms with E-state index in [0.29, 0.717) is 5.25 Å². The molecule has 0 saturated carbocycles. The first kappa shape index (κ1) is 11.6. The molecular weight excluding hydrogens is 228 g/mol. The van der Waals surface area contributed by atoms with Crippen LogP contribution in [0.1, 0.15) is 25.7 Å². The van der Waals surface area contributed by atoms with Gasteiger partial charge in [0, 0.05) is 17.4 Å². The van der Waals surface area contributed by atoms with Crippen LogP contribution in [0, 0.1) is 0 Å². The molecule has 2 heterocycles. The fourth-order valence-electron chi connectivity index (χ4n) is 2.26. The van der Waals surface area contributed by atoms with Gasteiger partial charge >= 0.3 is 12.0 Å². The second-order valence-electron chi connectivity index (χ2n) is 4.26. The number of aliphatic carboxylic acids is 1. The largest absolute Gasteiger partial charge is 0.481 e. The Labute approximate surface area is 98.4 Å². The Morgan fingerprint density at radius 1 is 1.44 bits per heavy atom. The molecule has 6 heteroatoms. The van der Waals surface area contributed by atoms with Gasteiger partial charge in [-0.15, -0.1) is 0 Å². The summed E-state index contributed by atoms with van der Waals surface area (Å²) in [5.41, 5.74) is 0. The number of fused-ring (bicyclic) bond motifs is 1. The molecule has 0 bridgehead atoms. The van der Waals surface area contributed by atoms with E-state index < -0.39 is 5.97 Å². The molecule has 3 N–H and O–H groups in total. The van der Waals surface area contributed by atoms with Crippen molar-refractivity contribution in [1.29, 1.82) is 0 Å². The molecule has 2 rings (SSSR count). The van der Waals surface area contributed by atoms with E-state index in [9.17, 15) is 9.59 Å². The number of amides is 2. The number of unbranched alkanes of at least 4 members (excludes halogenated alkanes) is 1. The third-order valence-corrected chi connectivity index (χ3v) is 4.58. The van der Waals surface area contributed by atoms with Crippen LogP contribution < -0.4 is 10.6 Å². The van der Waals surface area contributed by atoms with Crippen LogP contribution >= 0.6 is 11.8 Å². The Bertz CT molecular complexity index is 298. The summed E-state index contributed by atoms with van der Waals surface area (Å²) in [7, 11) is 0. The van der Waals surface area contributed by atoms with Crippen LogP contribution in [0.3, 0.4) is 0 Å². The van der Waals surface area contributed by atoms with Crippen LogP contribution in [0.2, 0.25) is 0 Å². The van der Waals surface area contributed by atoms with Crippen molar-refractivity contribution in [3.8, 4) is 0 Å². The van der Waals surface area contributed by atoms with Gasteiger partial charge in [-0.05, 0) is 12.8 Å². The number of nitrogens with one attached hydrogen (secondary N) is 2. The van der Waals surface area contributed by atoms with Gasteiger partial charge in [-0.1, -0.05) is 6.42 Å². The van der Waals surface area contributed by atoms with Crippen LogP contribution in [0.5, 0.6) is 0 Å². The molecule has 90 valence electrons. The van der Waals surface area contributed by atoms with Crippen molar-refractivity contribution < 1.29 is 14.7 Å². The number of carbonyl (C=O) groups excluding carboxylic acids is 1. The smallest absolute Gasteiger partial charge is 0.315 e. The maximum atomic E-state index is 11.1. The van der Waals surface area contributed by atoms with Crippen molar-refractivity contribution in [3.05, 3.63) is 0 Å². The van der Waals surface area contributed by atoms with Crippen LogP contribution in [0.4, 0.5) is 4.79 Å². The number of thioether (sulfide) groups is 1. The lowest BCUT2D eigenvalue weighted by atomic mass is 10.0. The molecule has 2 aliphatic rings. The predicted molar refractivity (Wildman–Crippen MR) is 61.6 cm³/mol. The Hall–Kier alpha value is -0.910. The van der Waals surface area contributed by atoms with E-state index in [2.05, 4.69) is 10.6 Å². The minimum Gasteiger partial charge on any atom is -0.481 e. The molecule has 0 aliphatic carbocycles. The monoisotopic (exact) mass is 244 g/mol. The van der Waals surface area contributed by atoms with Crippen LogP contribution in [0.15, 0.2) is 0 Å². The summed E-state index contributed by atoms with van der Waals surface area (Å²) in [6.07, 6.45) is 2.88. The second-order valence-corrected chi connectivity index (χ2v) is 5.53. The molecule has 3 atom stereocenters. The van der Waals surface area contributed by atoms with Gasteiger partial charge in [0.05, 0.1) is 12.1 Å². The maximum Gasteiger partial charge on any atom is 0.315 e. The summed E-state index contributed by atoms with van der Waals surface area (Å²) < 4.78 is 0. The number of carboxylic acids is 1. The van der Waals surface area contributed by atoms with Gasteiger partial charge in [-0.25, -0.2) is 4.79 Å². The number of rotatable bonds is 5. The first-order chi connectivity index (χ1) is 7.66. The first-order valence-corrected chi connectivity index (χ1v) is 6.62. The average Bonchev–Trinajstić information content (AvgIpc) is 2.72. The molecule has 1 unspecified atom stereocenters. The standard InChI is InChI=1S/C10H16N2O3S/c13-8(14)4-2-1-3-7-9-6(5-16-7)11-10(15)12-9/h6-7,9H,1-5H2,(H,13,14)(H2,11,12,15)/t6?,7-,9-/m0/s1. The van der Waals surface area contributed by atoms with Crippen molar-refractivity contribution in [1.82, 2.24) is 10.6 Å². The number of hydrogen-bond donors (Lipinski definition) is 3. The number of carbonyl (C=O) groups is 2. The fraction of sp³-hybridized carbons (Fsp3) is 0.800. The minimum absolute atomic E-state index is 0.0640. The molecule has 0 aromatic carbocycles. The SMILES string of the molecule is O=C(O)CCCC[C@@H]1SCC2NC(=O)N[C@@H]21. The van der Waals surface area contributed by atoms with E-state index in [1.807, 2.05) is 11.8 Å². The first-order valence-electron chi connectivity index (χ1n) is 5.57. The zero-order chi connectivity index (χ0) is 11.5. The second kappa shape index (κ2) is 4.95. The Morgan fingerprint density at radius 3 is 3.00 bits per heavy atom. The minimum atomic E-state index is -0.729. The van der Waals surface area contributed by atoms with Gasteiger partial charge in [0.25, 0.3) is 0 Å². The summed E-state index contributed by atoms with van der Waals surface area (Å²) in [5, 5.41) is 14.8. The lowest BCUT2D eigenvalue weighted by Gasteiger charge is -2.16. The molecule has 0 aromatic heterocycles. The molecule has 2 aliphatic heterocycles. The molecule has 2 fully saturated rings. The molecule has 0 spiro atoms. The third-order valence-electron chi connectivity index (χ3n) is 3.07. The van der Waals surface area contributed by atoms with Crippen LogP contribution in [-0.4, -0.2) is 40.2 Å². The highest BCUT2D eigenvalue weighted by atomic mass is 32.2. The van der Waals surface area contributed by atoms with Crippen molar-refractivity contribution >= 4 is 23.8 Å². The maximum absolute atomic E-state index is 11.1. The van der Waals surface area contributed by atoms with Crippen LogP contribution in [-0.2, 0) is 4.79 Å². The van der Waals surface area contributed by atoms with Gasteiger partial charge in [0.15, 0.2) is 0 Å². The van der Waals surface area contributed by atoms with Crippen molar-refractivity contribution in [3.63, 3.8) is 0 Å². The van der Waals surface area contributed by atoms with E-state index >= 15 is 0 Å². The quantitative estimate of drug-likeness (QED) is 0.493. The van der Waals surface area contributed by atoms with Crippen molar-refractivity contribution in [2.45, 2.75) is 43.0 Å². The van der Waals surface area contributed by atoms with Crippen molar-refractivity contribution in [2.24, 2.45) is 0 Å². The van der Waals surface area contributed by atoms with Crippen molar-refractivity contribution in [2.75, 3.05) is 5.75 Å². The summed E-state index contributed by atoms with van der Waals surface area (Å²) >= 11 is 1.87. The summed E-state index contributed by atoms with van der Waals surface area (Å²) in [5.74, 6) is 0.236. The predicted octanol–water partition coefficient (Wildman–Crippen LogP) is 0.797. The zero-order valence-corrected chi connectivity index (χ0v) is 9.76. The van der Waals surface area contributed by atoms with E-state index in [4.69, 9.17) is 5.11 Å². The summed E-state index contributed by atoms with van der Waals surface area (Å²) in [6.45, 7) is 0. The average molecular weight is 244 g/mol. The molecule has 5 nitrogen and oxygen atoms in total. The van der Waals surface area contributed by atoms with Crippen LogP contribution in [0.25, 0.3) is 0 Å². The molecule has 0 aromatic rings. The Kier molecular flexibility index (Phi) is 3.58.